The van der Waals surface area contributed by atoms with Gasteiger partial charge in [0, 0.05) is 43.5 Å². The fourth-order valence-corrected chi connectivity index (χ4v) is 5.94. The zero-order valence-electron chi connectivity index (χ0n) is 20.8. The van der Waals surface area contributed by atoms with E-state index in [-0.39, 0.29) is 25.1 Å². The van der Waals surface area contributed by atoms with E-state index >= 15 is 0 Å². The van der Waals surface area contributed by atoms with Gasteiger partial charge in [-0.15, -0.1) is 11.8 Å². The third-order valence-corrected chi connectivity index (χ3v) is 7.81. The van der Waals surface area contributed by atoms with Gasteiger partial charge in [-0.3, -0.25) is 9.69 Å². The van der Waals surface area contributed by atoms with E-state index in [0.717, 1.165) is 66.9 Å². The summed E-state index contributed by atoms with van der Waals surface area (Å²) in [5, 5.41) is 4.90. The predicted molar refractivity (Wildman–Crippen MR) is 135 cm³/mol. The molecule has 0 bridgehead atoms. The molecule has 8 nitrogen and oxygen atoms in total. The fourth-order valence-electron chi connectivity index (χ4n) is 4.72. The Morgan fingerprint density at radius 1 is 0.972 bits per heavy atom. The molecule has 3 aliphatic rings. The Labute approximate surface area is 222 Å². The molecule has 190 valence electrons. The molecule has 1 unspecified atom stereocenters. The first-order valence-electron chi connectivity index (χ1n) is 12.0. The van der Waals surface area contributed by atoms with Crippen LogP contribution in [0.15, 0.2) is 54.7 Å². The zero-order chi connectivity index (χ0) is 23.6. The molecule has 10 heteroatoms. The van der Waals surface area contributed by atoms with Crippen molar-refractivity contribution in [2.75, 3.05) is 58.4 Å². The van der Waals surface area contributed by atoms with Crippen molar-refractivity contribution in [3.63, 3.8) is 0 Å². The second kappa shape index (κ2) is 11.1. The highest BCUT2D eigenvalue weighted by molar-refractivity contribution is 8.00. The van der Waals surface area contributed by atoms with Crippen molar-refractivity contribution in [1.29, 1.82) is 0 Å². The predicted octanol–water partition coefficient (Wildman–Crippen LogP) is 0.333. The average Bonchev–Trinajstić information content (AvgIpc) is 3.52. The molecular weight excluding hydrogens is 500 g/mol. The minimum Gasteiger partial charge on any atom is -1.00 e. The minimum absolute atomic E-state index is 0. The second-order valence-corrected chi connectivity index (χ2v) is 9.84. The maximum absolute atomic E-state index is 12.9. The number of carbonyl (C=O) groups is 1. The molecule has 2 fully saturated rings. The molecule has 3 aromatic rings. The molecule has 0 N–H and O–H groups in total. The van der Waals surface area contributed by atoms with Crippen molar-refractivity contribution < 1.29 is 32.8 Å². The van der Waals surface area contributed by atoms with Crippen LogP contribution in [-0.2, 0) is 9.53 Å². The summed E-state index contributed by atoms with van der Waals surface area (Å²) in [4.78, 5) is 17.3. The van der Waals surface area contributed by atoms with Gasteiger partial charge in [0.15, 0.2) is 11.5 Å². The number of halogens is 1. The number of thioether (sulfide) groups is 1. The summed E-state index contributed by atoms with van der Waals surface area (Å²) in [6, 6.07) is 16.0. The van der Waals surface area contributed by atoms with Crippen LogP contribution in [-0.4, -0.2) is 83.8 Å². The Morgan fingerprint density at radius 3 is 2.56 bits per heavy atom. The lowest BCUT2D eigenvalue weighted by molar-refractivity contribution is -0.128. The first-order valence-corrected chi connectivity index (χ1v) is 13.1. The molecule has 0 aliphatic carbocycles. The van der Waals surface area contributed by atoms with Crippen LogP contribution >= 0.6 is 11.8 Å². The first-order chi connectivity index (χ1) is 17.3. The van der Waals surface area contributed by atoms with Gasteiger partial charge in [0.1, 0.15) is 18.6 Å². The molecule has 4 heterocycles. The van der Waals surface area contributed by atoms with Crippen molar-refractivity contribution >= 4 is 17.7 Å². The molecular formula is C26H29ClN4O4S. The lowest BCUT2D eigenvalue weighted by atomic mass is 10.1. The van der Waals surface area contributed by atoms with E-state index in [1.54, 1.807) is 11.8 Å². The van der Waals surface area contributed by atoms with Gasteiger partial charge in [0.05, 0.1) is 30.3 Å². The maximum atomic E-state index is 12.9. The number of aromatic nitrogens is 2. The quantitative estimate of drug-likeness (QED) is 0.457. The van der Waals surface area contributed by atoms with Gasteiger partial charge in [-0.05, 0) is 30.3 Å². The average molecular weight is 529 g/mol. The Hall–Kier alpha value is -2.72. The minimum atomic E-state index is -0.0933. The van der Waals surface area contributed by atoms with Crippen LogP contribution in [0.3, 0.4) is 0 Å². The number of fused-ring (bicyclic) bond motifs is 1. The topological polar surface area (TPSA) is 69.1 Å². The molecule has 6 rings (SSSR count). The number of ether oxygens (including phenoxy) is 3. The smallest absolute Gasteiger partial charge is 1.00 e. The van der Waals surface area contributed by atoms with E-state index in [9.17, 15) is 4.79 Å². The molecule has 0 spiro atoms. The van der Waals surface area contributed by atoms with Crippen LogP contribution in [0.1, 0.15) is 12.4 Å². The van der Waals surface area contributed by atoms with Crippen LogP contribution in [0.2, 0.25) is 0 Å². The highest BCUT2D eigenvalue weighted by Gasteiger charge is 2.36. The van der Waals surface area contributed by atoms with Gasteiger partial charge in [-0.1, -0.05) is 18.2 Å². The van der Waals surface area contributed by atoms with Crippen LogP contribution < -0.4 is 21.9 Å². The normalized spacial score (nSPS) is 19.8. The number of nitrogens with zero attached hydrogens (tertiary/aromatic N) is 4. The Morgan fingerprint density at radius 2 is 1.75 bits per heavy atom. The van der Waals surface area contributed by atoms with Crippen LogP contribution in [0.5, 0.6) is 11.5 Å². The molecule has 1 amide bonds. The van der Waals surface area contributed by atoms with Crippen molar-refractivity contribution in [2.24, 2.45) is 0 Å². The summed E-state index contributed by atoms with van der Waals surface area (Å²) >= 11 is 1.67. The molecule has 1 atom stereocenters. The highest BCUT2D eigenvalue weighted by Crippen LogP contribution is 2.44. The maximum Gasteiger partial charge on any atom is 1.00 e. The molecule has 3 aliphatic heterocycles. The Balaban J connectivity index is 0.00000160. The van der Waals surface area contributed by atoms with Gasteiger partial charge in [0.25, 0.3) is 0 Å². The van der Waals surface area contributed by atoms with Crippen molar-refractivity contribution in [3.8, 4) is 28.4 Å². The highest BCUT2D eigenvalue weighted by atomic mass is 35.5. The number of morpholine rings is 1. The van der Waals surface area contributed by atoms with Crippen molar-refractivity contribution in [3.05, 3.63) is 60.3 Å². The van der Waals surface area contributed by atoms with E-state index in [1.165, 1.54) is 0 Å². The van der Waals surface area contributed by atoms with E-state index in [4.69, 9.17) is 19.3 Å². The molecule has 36 heavy (non-hydrogen) atoms. The Kier molecular flexibility index (Phi) is 7.71. The molecule has 1 aromatic heterocycles. The lowest BCUT2D eigenvalue weighted by Crippen LogP contribution is -3.00. The van der Waals surface area contributed by atoms with Crippen molar-refractivity contribution in [1.82, 2.24) is 19.6 Å². The van der Waals surface area contributed by atoms with Crippen molar-refractivity contribution in [2.45, 2.75) is 5.37 Å². The summed E-state index contributed by atoms with van der Waals surface area (Å²) in [7, 11) is 0. The van der Waals surface area contributed by atoms with Gasteiger partial charge >= 0.3 is 1.43 Å². The number of carbonyl (C=O) groups excluding carboxylic acids is 1. The number of hydrogen-bond donors (Lipinski definition) is 0. The second-order valence-electron chi connectivity index (χ2n) is 8.78. The van der Waals surface area contributed by atoms with Gasteiger partial charge in [-0.2, -0.15) is 5.10 Å². The lowest BCUT2D eigenvalue weighted by Gasteiger charge is -2.30. The van der Waals surface area contributed by atoms with E-state index in [2.05, 4.69) is 11.1 Å². The SMILES string of the molecule is O=C1CSC(c2cn(-c3ccccc3)nc2-c2ccc3c(c2)OCCO3)N1CCN1CCOCC1.[Cl-].[H+]. The summed E-state index contributed by atoms with van der Waals surface area (Å²) in [6.45, 7) is 5.95. The number of benzene rings is 2. The van der Waals surface area contributed by atoms with E-state index in [0.29, 0.717) is 25.5 Å². The van der Waals surface area contributed by atoms with E-state index < -0.39 is 0 Å². The van der Waals surface area contributed by atoms with Gasteiger partial charge in [-0.25, -0.2) is 4.68 Å². The molecule has 0 radical (unpaired) electrons. The standard InChI is InChI=1S/C26H28N4O4S.ClH/c31-24-18-35-26(29(24)9-8-28-10-12-32-13-11-28)21-17-30(20-4-2-1-3-5-20)27-25(21)19-6-7-22-23(16-19)34-15-14-33-22;/h1-7,16-17,26H,8-15,18H2;1H. The van der Waals surface area contributed by atoms with Crippen LogP contribution in [0.4, 0.5) is 0 Å². The third kappa shape index (κ3) is 5.06. The summed E-state index contributed by atoms with van der Waals surface area (Å²) in [5.41, 5.74) is 3.82. The van der Waals surface area contributed by atoms with Crippen LogP contribution in [0.25, 0.3) is 16.9 Å². The number of para-hydroxylation sites is 1. The monoisotopic (exact) mass is 528 g/mol. The van der Waals surface area contributed by atoms with E-state index in [1.807, 2.05) is 58.1 Å². The summed E-state index contributed by atoms with van der Waals surface area (Å²) in [6.07, 6.45) is 2.07. The molecule has 2 aromatic carbocycles. The molecule has 2 saturated heterocycles. The first kappa shape index (κ1) is 25.0. The largest absolute Gasteiger partial charge is 1.00 e. The summed E-state index contributed by atoms with van der Waals surface area (Å²) in [5.74, 6) is 2.13. The molecule has 0 saturated carbocycles. The van der Waals surface area contributed by atoms with Gasteiger partial charge in [0.2, 0.25) is 5.91 Å². The number of hydrogen-bond acceptors (Lipinski definition) is 7. The fraction of sp³-hybridized carbons (Fsp3) is 0.385. The Bertz CT molecular complexity index is 1210. The number of rotatable bonds is 6. The van der Waals surface area contributed by atoms with Crippen LogP contribution in [0, 0.1) is 0 Å². The third-order valence-electron chi connectivity index (χ3n) is 6.57. The van der Waals surface area contributed by atoms with Gasteiger partial charge < -0.3 is 31.5 Å². The number of amides is 1. The summed E-state index contributed by atoms with van der Waals surface area (Å²) < 4.78 is 18.9. The zero-order valence-corrected chi connectivity index (χ0v) is 21.4.